The standard InChI is InChI=1S/C56H50P2Si3/c1-59(2,39-37-43-25-13-7-14-26-43)53-49(45-29-17-9-18-30-45)41-51(47-33-21-11-22-34-47)55(57-53)61(5,6)56-52(48-35-23-12-24-36-48)42-50(46-31-19-10-20-32-46)54(58-56)60(3,4)40-38-44-27-15-8-16-28-44/h7-36,41-42H,1-6H3. The molecule has 0 amide bonds. The van der Waals surface area contributed by atoms with Crippen molar-refractivity contribution in [2.75, 3.05) is 0 Å². The van der Waals surface area contributed by atoms with Gasteiger partial charge in [-0.25, -0.2) is 0 Å². The van der Waals surface area contributed by atoms with Crippen molar-refractivity contribution in [1.82, 2.24) is 0 Å². The van der Waals surface area contributed by atoms with Gasteiger partial charge in [-0.2, -0.15) is 0 Å². The maximum Gasteiger partial charge on any atom is 0.169 e. The van der Waals surface area contributed by atoms with Crippen molar-refractivity contribution in [1.29, 1.82) is 0 Å². The van der Waals surface area contributed by atoms with Gasteiger partial charge in [-0.05, 0) is 101 Å². The Bertz CT molecular complexity index is 2710. The number of benzene rings is 6. The van der Waals surface area contributed by atoms with E-state index in [2.05, 4.69) is 256 Å². The molecule has 2 heterocycles. The van der Waals surface area contributed by atoms with Gasteiger partial charge in [-0.3, -0.25) is 0 Å². The third-order valence-corrected chi connectivity index (χ3v) is 28.6. The summed E-state index contributed by atoms with van der Waals surface area (Å²) in [7, 11) is -4.61. The van der Waals surface area contributed by atoms with Crippen LogP contribution in [0.4, 0.5) is 0 Å². The molecule has 8 rings (SSSR count). The highest BCUT2D eigenvalue weighted by Gasteiger charge is 2.38. The molecule has 0 radical (unpaired) electrons. The van der Waals surface area contributed by atoms with Crippen LogP contribution in [-0.2, 0) is 0 Å². The maximum atomic E-state index is 3.92. The van der Waals surface area contributed by atoms with E-state index in [0.717, 1.165) is 11.1 Å². The van der Waals surface area contributed by atoms with Gasteiger partial charge in [0.1, 0.15) is 8.07 Å². The van der Waals surface area contributed by atoms with Crippen molar-refractivity contribution < 1.29 is 0 Å². The largest absolute Gasteiger partial charge is 0.169 e. The first-order valence-corrected chi connectivity index (χ1v) is 31.8. The third kappa shape index (κ3) is 9.35. The van der Waals surface area contributed by atoms with Gasteiger partial charge in [0.15, 0.2) is 16.1 Å². The Balaban J connectivity index is 1.45. The molecule has 0 fully saturated rings. The molecule has 5 heteroatoms. The molecule has 61 heavy (non-hydrogen) atoms. The molecule has 0 aliphatic carbocycles. The van der Waals surface area contributed by atoms with Crippen molar-refractivity contribution in [3.8, 4) is 67.4 Å². The molecular weight excluding hydrogens is 819 g/mol. The maximum absolute atomic E-state index is 3.92. The molecule has 0 bridgehead atoms. The summed E-state index contributed by atoms with van der Waals surface area (Å²) in [5.74, 6) is 7.27. The van der Waals surface area contributed by atoms with Gasteiger partial charge in [0, 0.05) is 11.1 Å². The van der Waals surface area contributed by atoms with Gasteiger partial charge in [0.2, 0.25) is 0 Å². The van der Waals surface area contributed by atoms with Gasteiger partial charge in [-0.1, -0.05) is 225 Å². The quantitative estimate of drug-likeness (QED) is 0.105. The molecule has 2 aromatic heterocycles. The van der Waals surface area contributed by atoms with Crippen LogP contribution in [0.15, 0.2) is 194 Å². The summed E-state index contributed by atoms with van der Waals surface area (Å²) in [5, 5.41) is 0. The highest BCUT2D eigenvalue weighted by molar-refractivity contribution is 7.57. The Kier molecular flexibility index (Phi) is 12.5. The van der Waals surface area contributed by atoms with E-state index in [1.165, 1.54) is 70.7 Å². The first-order chi connectivity index (χ1) is 29.5. The van der Waals surface area contributed by atoms with Crippen LogP contribution in [0.2, 0.25) is 39.3 Å². The minimum Gasteiger partial charge on any atom is -0.120 e. The molecule has 0 atom stereocenters. The highest BCUT2D eigenvalue weighted by atomic mass is 31.0. The topological polar surface area (TPSA) is 0 Å². The zero-order valence-electron chi connectivity index (χ0n) is 35.9. The molecule has 0 saturated carbocycles. The van der Waals surface area contributed by atoms with Crippen LogP contribution >= 0.6 is 16.4 Å². The fourth-order valence-corrected chi connectivity index (χ4v) is 22.4. The fraction of sp³-hybridized carbons (Fsp3) is 0.107. The van der Waals surface area contributed by atoms with Crippen molar-refractivity contribution in [2.24, 2.45) is 0 Å². The number of hydrogen-bond donors (Lipinski definition) is 0. The van der Waals surface area contributed by atoms with E-state index >= 15 is 0 Å². The minimum absolute atomic E-state index is 1.07. The zero-order chi connectivity index (χ0) is 42.5. The fourth-order valence-electron chi connectivity index (χ4n) is 8.01. The average molecular weight is 869 g/mol. The summed E-state index contributed by atoms with van der Waals surface area (Å²) >= 11 is 0. The molecule has 8 aromatic rings. The van der Waals surface area contributed by atoms with Gasteiger partial charge in [-0.15, -0.1) is 11.1 Å². The van der Waals surface area contributed by atoms with Crippen LogP contribution < -0.4 is 19.7 Å². The SMILES string of the molecule is C[Si](C)(C#Cc1ccccc1)c1pc([Si](C)(C)c2pc([Si](C)(C)C#Cc3ccccc3)c(-c3ccccc3)cc2-c2ccccc2)c(-c2ccccc2)cc1-c1ccccc1. The van der Waals surface area contributed by atoms with Crippen LogP contribution in [0.25, 0.3) is 44.5 Å². The van der Waals surface area contributed by atoms with E-state index < -0.39 is 24.2 Å². The predicted octanol–water partition coefficient (Wildman–Crippen LogP) is 13.3. The Hall–Kier alpha value is -5.61. The number of hydrogen-bond acceptors (Lipinski definition) is 0. The second-order valence-corrected chi connectivity index (χ2v) is 33.3. The zero-order valence-corrected chi connectivity index (χ0v) is 40.7. The smallest absolute Gasteiger partial charge is 0.120 e. The monoisotopic (exact) mass is 868 g/mol. The Morgan fingerprint density at radius 2 is 0.557 bits per heavy atom. The number of rotatable bonds is 8. The Morgan fingerprint density at radius 1 is 0.311 bits per heavy atom. The summed E-state index contributed by atoms with van der Waals surface area (Å²) in [6.45, 7) is 15.1. The lowest BCUT2D eigenvalue weighted by atomic mass is 10.0. The van der Waals surface area contributed by atoms with Crippen LogP contribution in [0.3, 0.4) is 0 Å². The van der Waals surface area contributed by atoms with E-state index in [-0.39, 0.29) is 0 Å². The Labute approximate surface area is 370 Å². The van der Waals surface area contributed by atoms with Crippen LogP contribution in [0, 0.1) is 22.9 Å². The highest BCUT2D eigenvalue weighted by Crippen LogP contribution is 2.36. The van der Waals surface area contributed by atoms with E-state index in [0.29, 0.717) is 0 Å². The molecule has 6 aromatic carbocycles. The van der Waals surface area contributed by atoms with E-state index in [1.54, 1.807) is 9.84 Å². The van der Waals surface area contributed by atoms with E-state index in [1.807, 2.05) is 0 Å². The summed E-state index contributed by atoms with van der Waals surface area (Å²) in [4.78, 5) is 6.08. The van der Waals surface area contributed by atoms with E-state index in [4.69, 9.17) is 0 Å². The third-order valence-electron chi connectivity index (χ3n) is 11.3. The summed E-state index contributed by atoms with van der Waals surface area (Å²) < 4.78 is 0. The van der Waals surface area contributed by atoms with Crippen molar-refractivity contribution in [3.05, 3.63) is 205 Å². The first-order valence-electron chi connectivity index (χ1n) is 21.0. The lowest BCUT2D eigenvalue weighted by molar-refractivity contribution is 1.63. The molecule has 0 N–H and O–H groups in total. The van der Waals surface area contributed by atoms with E-state index in [9.17, 15) is 0 Å². The first kappa shape index (κ1) is 42.1. The summed E-state index contributed by atoms with van der Waals surface area (Å²) in [6.07, 6.45) is 0. The predicted molar refractivity (Wildman–Crippen MR) is 277 cm³/mol. The summed E-state index contributed by atoms with van der Waals surface area (Å²) in [5.41, 5.74) is 20.4. The molecular formula is C56H50P2Si3. The Morgan fingerprint density at radius 3 is 0.836 bits per heavy atom. The molecule has 0 aliphatic rings. The van der Waals surface area contributed by atoms with Gasteiger partial charge in [0.25, 0.3) is 0 Å². The van der Waals surface area contributed by atoms with Crippen molar-refractivity contribution in [3.63, 3.8) is 0 Å². The van der Waals surface area contributed by atoms with Gasteiger partial charge < -0.3 is 0 Å². The normalized spacial score (nSPS) is 11.8. The molecule has 0 saturated heterocycles. The minimum atomic E-state index is -2.52. The second-order valence-electron chi connectivity index (χ2n) is 17.1. The van der Waals surface area contributed by atoms with Crippen molar-refractivity contribution in [2.45, 2.75) is 39.3 Å². The average Bonchev–Trinajstić information content (AvgIpc) is 3.31. The molecule has 0 aliphatic heterocycles. The molecule has 296 valence electrons. The van der Waals surface area contributed by atoms with Crippen LogP contribution in [0.5, 0.6) is 0 Å². The van der Waals surface area contributed by atoms with Gasteiger partial charge in [0.05, 0.1) is 0 Å². The molecule has 0 nitrogen and oxygen atoms in total. The second kappa shape index (κ2) is 18.2. The van der Waals surface area contributed by atoms with Crippen LogP contribution in [0.1, 0.15) is 11.1 Å². The molecule has 0 unspecified atom stereocenters. The van der Waals surface area contributed by atoms with Crippen molar-refractivity contribution >= 4 is 60.3 Å². The summed E-state index contributed by atoms with van der Waals surface area (Å²) in [6, 6.07) is 70.4. The lowest BCUT2D eigenvalue weighted by Gasteiger charge is -2.33. The molecule has 0 spiro atoms. The lowest BCUT2D eigenvalue weighted by Crippen LogP contribution is -2.55. The van der Waals surface area contributed by atoms with Gasteiger partial charge >= 0.3 is 0 Å². The van der Waals surface area contributed by atoms with Crippen LogP contribution in [-0.4, -0.2) is 24.2 Å².